The Morgan fingerprint density at radius 2 is 1.96 bits per heavy atom. The third kappa shape index (κ3) is 3.26. The monoisotopic (exact) mass is 382 g/mol. The molecule has 1 aromatic heterocycles. The number of hydrogen-bond donors (Lipinski definition) is 1. The van der Waals surface area contributed by atoms with Gasteiger partial charge in [-0.05, 0) is 11.6 Å². The first-order chi connectivity index (χ1) is 13.5. The zero-order valence-corrected chi connectivity index (χ0v) is 15.8. The van der Waals surface area contributed by atoms with E-state index in [-0.39, 0.29) is 28.7 Å². The molecule has 1 spiro atoms. The van der Waals surface area contributed by atoms with Crippen molar-refractivity contribution in [2.45, 2.75) is 6.54 Å². The van der Waals surface area contributed by atoms with Gasteiger partial charge in [0.25, 0.3) is 5.91 Å². The van der Waals surface area contributed by atoms with Gasteiger partial charge in [-0.1, -0.05) is 30.3 Å². The number of nitrogens with zero attached hydrogens (tertiary/aromatic N) is 3. The Bertz CT molecular complexity index is 883. The molecule has 1 atom stereocenters. The standard InChI is InChI=1S/C21H23FN4O2/c1-23-19(27)17-11-25(10-15-5-3-2-4-6-15)12-21(17)13-26(14-21)20(28)16-7-8-24-9-18(16)22/h2-9,17H,10-14H2,1H3,(H,23,27). The number of aromatic nitrogens is 1. The number of benzene rings is 1. The van der Waals surface area contributed by atoms with Crippen LogP contribution in [0.2, 0.25) is 0 Å². The zero-order chi connectivity index (χ0) is 19.7. The predicted octanol–water partition coefficient (Wildman–Crippen LogP) is 1.54. The minimum Gasteiger partial charge on any atom is -0.359 e. The summed E-state index contributed by atoms with van der Waals surface area (Å²) in [6.07, 6.45) is 2.46. The topological polar surface area (TPSA) is 65.5 Å². The van der Waals surface area contributed by atoms with Crippen molar-refractivity contribution >= 4 is 11.8 Å². The highest BCUT2D eigenvalue weighted by atomic mass is 19.1. The molecule has 7 heteroatoms. The molecule has 1 N–H and O–H groups in total. The molecule has 146 valence electrons. The Hall–Kier alpha value is -2.80. The van der Waals surface area contributed by atoms with Gasteiger partial charge >= 0.3 is 0 Å². The van der Waals surface area contributed by atoms with Crippen LogP contribution in [0.15, 0.2) is 48.8 Å². The summed E-state index contributed by atoms with van der Waals surface area (Å²) in [5.74, 6) is -1.15. The van der Waals surface area contributed by atoms with Gasteiger partial charge in [0, 0.05) is 51.4 Å². The number of likely N-dealkylation sites (tertiary alicyclic amines) is 2. The van der Waals surface area contributed by atoms with Crippen LogP contribution in [0.4, 0.5) is 4.39 Å². The Labute approximate surface area is 163 Å². The number of carbonyl (C=O) groups is 2. The van der Waals surface area contributed by atoms with Crippen molar-refractivity contribution in [3.8, 4) is 0 Å². The highest BCUT2D eigenvalue weighted by molar-refractivity contribution is 5.95. The summed E-state index contributed by atoms with van der Waals surface area (Å²) < 4.78 is 13.9. The van der Waals surface area contributed by atoms with Crippen LogP contribution in [0.25, 0.3) is 0 Å². The highest BCUT2D eigenvalue weighted by Gasteiger charge is 2.57. The number of pyridine rings is 1. The molecule has 3 heterocycles. The molecule has 4 rings (SSSR count). The molecule has 0 aliphatic carbocycles. The molecule has 2 aromatic rings. The van der Waals surface area contributed by atoms with Crippen LogP contribution in [0.1, 0.15) is 15.9 Å². The quantitative estimate of drug-likeness (QED) is 0.871. The van der Waals surface area contributed by atoms with Crippen LogP contribution in [-0.4, -0.2) is 59.8 Å². The average Bonchev–Trinajstić information content (AvgIpc) is 3.06. The fourth-order valence-corrected chi connectivity index (χ4v) is 4.47. The second-order valence-corrected chi connectivity index (χ2v) is 7.70. The van der Waals surface area contributed by atoms with Crippen molar-refractivity contribution < 1.29 is 14.0 Å². The number of carbonyl (C=O) groups excluding carboxylic acids is 2. The molecule has 2 aliphatic rings. The van der Waals surface area contributed by atoms with Crippen molar-refractivity contribution in [2.75, 3.05) is 33.2 Å². The van der Waals surface area contributed by atoms with Gasteiger partial charge in [0.2, 0.25) is 5.91 Å². The maximum Gasteiger partial charge on any atom is 0.256 e. The first kappa shape index (κ1) is 18.6. The van der Waals surface area contributed by atoms with E-state index in [9.17, 15) is 14.0 Å². The van der Waals surface area contributed by atoms with Gasteiger partial charge in [0.05, 0.1) is 17.7 Å². The van der Waals surface area contributed by atoms with Gasteiger partial charge < -0.3 is 10.2 Å². The van der Waals surface area contributed by atoms with Crippen LogP contribution < -0.4 is 5.32 Å². The Kier molecular flexibility index (Phi) is 4.85. The molecular formula is C21H23FN4O2. The lowest BCUT2D eigenvalue weighted by Crippen LogP contribution is -2.64. The molecule has 2 fully saturated rings. The number of rotatable bonds is 4. The van der Waals surface area contributed by atoms with E-state index in [1.54, 1.807) is 11.9 Å². The largest absolute Gasteiger partial charge is 0.359 e. The smallest absolute Gasteiger partial charge is 0.256 e. The summed E-state index contributed by atoms with van der Waals surface area (Å²) in [6, 6.07) is 11.5. The van der Waals surface area contributed by atoms with Crippen molar-refractivity contribution in [3.05, 3.63) is 65.7 Å². The van der Waals surface area contributed by atoms with Crippen molar-refractivity contribution in [3.63, 3.8) is 0 Å². The maximum absolute atomic E-state index is 13.9. The summed E-state index contributed by atoms with van der Waals surface area (Å²) in [5, 5.41) is 2.76. The summed E-state index contributed by atoms with van der Waals surface area (Å²) in [6.45, 7) is 3.07. The van der Waals surface area contributed by atoms with Gasteiger partial charge in [0.15, 0.2) is 5.82 Å². The molecule has 0 radical (unpaired) electrons. The second kappa shape index (κ2) is 7.31. The lowest BCUT2D eigenvalue weighted by Gasteiger charge is -2.50. The van der Waals surface area contributed by atoms with Crippen molar-refractivity contribution in [1.29, 1.82) is 0 Å². The van der Waals surface area contributed by atoms with Gasteiger partial charge in [-0.15, -0.1) is 0 Å². The van der Waals surface area contributed by atoms with E-state index in [4.69, 9.17) is 0 Å². The van der Waals surface area contributed by atoms with Crippen LogP contribution >= 0.6 is 0 Å². The van der Waals surface area contributed by atoms with Gasteiger partial charge in [-0.25, -0.2) is 4.39 Å². The summed E-state index contributed by atoms with van der Waals surface area (Å²) in [7, 11) is 1.64. The van der Waals surface area contributed by atoms with E-state index in [0.717, 1.165) is 19.3 Å². The zero-order valence-electron chi connectivity index (χ0n) is 15.8. The molecule has 2 aliphatic heterocycles. The minimum atomic E-state index is -0.617. The molecule has 0 saturated carbocycles. The lowest BCUT2D eigenvalue weighted by molar-refractivity contribution is -0.130. The second-order valence-electron chi connectivity index (χ2n) is 7.70. The highest BCUT2D eigenvalue weighted by Crippen LogP contribution is 2.45. The fourth-order valence-electron chi connectivity index (χ4n) is 4.47. The van der Waals surface area contributed by atoms with Crippen LogP contribution in [0.3, 0.4) is 0 Å². The van der Waals surface area contributed by atoms with E-state index in [1.165, 1.54) is 17.8 Å². The number of halogens is 1. The fraction of sp³-hybridized carbons (Fsp3) is 0.381. The first-order valence-electron chi connectivity index (χ1n) is 9.39. The molecule has 2 saturated heterocycles. The van der Waals surface area contributed by atoms with E-state index in [1.807, 2.05) is 18.2 Å². The lowest BCUT2D eigenvalue weighted by atomic mass is 9.71. The third-order valence-electron chi connectivity index (χ3n) is 5.83. The molecule has 1 unspecified atom stereocenters. The Morgan fingerprint density at radius 1 is 1.21 bits per heavy atom. The van der Waals surface area contributed by atoms with Crippen LogP contribution in [-0.2, 0) is 11.3 Å². The SMILES string of the molecule is CNC(=O)C1CN(Cc2ccccc2)CC12CN(C(=O)c1ccncc1F)C2. The first-order valence-corrected chi connectivity index (χ1v) is 9.39. The Balaban J connectivity index is 1.49. The van der Waals surface area contributed by atoms with Gasteiger partial charge in [0.1, 0.15) is 0 Å². The van der Waals surface area contributed by atoms with Gasteiger partial charge in [-0.2, -0.15) is 0 Å². The molecule has 6 nitrogen and oxygen atoms in total. The van der Waals surface area contributed by atoms with E-state index in [0.29, 0.717) is 19.6 Å². The van der Waals surface area contributed by atoms with Gasteiger partial charge in [-0.3, -0.25) is 19.5 Å². The molecule has 1 aromatic carbocycles. The van der Waals surface area contributed by atoms with Crippen LogP contribution in [0.5, 0.6) is 0 Å². The predicted molar refractivity (Wildman–Crippen MR) is 102 cm³/mol. The number of amides is 2. The normalized spacial score (nSPS) is 20.8. The van der Waals surface area contributed by atoms with E-state index < -0.39 is 5.82 Å². The molecule has 0 bridgehead atoms. The summed E-state index contributed by atoms with van der Waals surface area (Å²) in [5.41, 5.74) is 0.940. The number of nitrogens with one attached hydrogen (secondary N) is 1. The average molecular weight is 382 g/mol. The third-order valence-corrected chi connectivity index (χ3v) is 5.83. The minimum absolute atomic E-state index is 0.00208. The maximum atomic E-state index is 13.9. The summed E-state index contributed by atoms with van der Waals surface area (Å²) >= 11 is 0. The molecule has 2 amide bonds. The van der Waals surface area contributed by atoms with E-state index >= 15 is 0 Å². The van der Waals surface area contributed by atoms with Crippen molar-refractivity contribution in [1.82, 2.24) is 20.1 Å². The number of hydrogen-bond acceptors (Lipinski definition) is 4. The molecular weight excluding hydrogens is 359 g/mol. The molecule has 28 heavy (non-hydrogen) atoms. The Morgan fingerprint density at radius 3 is 2.64 bits per heavy atom. The van der Waals surface area contributed by atoms with Crippen molar-refractivity contribution in [2.24, 2.45) is 11.3 Å². The summed E-state index contributed by atoms with van der Waals surface area (Å²) in [4.78, 5) is 32.7. The van der Waals surface area contributed by atoms with Crippen LogP contribution in [0, 0.1) is 17.2 Å². The van der Waals surface area contributed by atoms with E-state index in [2.05, 4.69) is 27.3 Å².